The second-order valence-corrected chi connectivity index (χ2v) is 6.78. The summed E-state index contributed by atoms with van der Waals surface area (Å²) in [5.41, 5.74) is 1.28. The van der Waals surface area contributed by atoms with E-state index in [0.29, 0.717) is 22.6 Å². The molecule has 1 radical (unpaired) electrons. The Kier molecular flexibility index (Phi) is 11.5. The van der Waals surface area contributed by atoms with Crippen molar-refractivity contribution >= 4 is 35.7 Å². The zero-order valence-corrected chi connectivity index (χ0v) is 20.3. The number of benzene rings is 2. The van der Waals surface area contributed by atoms with E-state index in [-0.39, 0.29) is 46.6 Å². The fraction of sp³-hybridized carbons (Fsp3) is 0.200. The summed E-state index contributed by atoms with van der Waals surface area (Å²) in [6, 6.07) is 9.63. The number of methoxy groups -OCH3 is 2. The van der Waals surface area contributed by atoms with Crippen molar-refractivity contribution in [3.63, 3.8) is 0 Å². The van der Waals surface area contributed by atoms with E-state index < -0.39 is 11.9 Å². The summed E-state index contributed by atoms with van der Waals surface area (Å²) in [6.07, 6.45) is 5.36. The number of ether oxygens (including phenoxy) is 4. The Labute approximate surface area is 208 Å². The SMILES string of the molecule is COc1cc(/C=C/C(=O)CC(=O)/C=C/c2ccc(OC(C)=O)c(OC)c2)ccc1OC(C)=O.[Mn+2]. The molecule has 2 aromatic carbocycles. The molecule has 0 aliphatic rings. The molecule has 0 saturated carbocycles. The maximum atomic E-state index is 12.1. The van der Waals surface area contributed by atoms with Gasteiger partial charge in [-0.25, -0.2) is 0 Å². The van der Waals surface area contributed by atoms with E-state index in [4.69, 9.17) is 18.9 Å². The largest absolute Gasteiger partial charge is 2.00 e. The summed E-state index contributed by atoms with van der Waals surface area (Å²) in [4.78, 5) is 46.5. The van der Waals surface area contributed by atoms with Crippen LogP contribution in [0, 0.1) is 0 Å². The van der Waals surface area contributed by atoms with E-state index in [2.05, 4.69) is 0 Å². The molecule has 0 spiro atoms. The molecule has 0 saturated heterocycles. The molecule has 2 rings (SSSR count). The van der Waals surface area contributed by atoms with Gasteiger partial charge in [0.1, 0.15) is 0 Å². The average molecular weight is 507 g/mol. The Morgan fingerprint density at radius 1 is 0.676 bits per heavy atom. The van der Waals surface area contributed by atoms with Crippen molar-refractivity contribution < 1.29 is 55.2 Å². The smallest absolute Gasteiger partial charge is 0.493 e. The minimum Gasteiger partial charge on any atom is -0.493 e. The summed E-state index contributed by atoms with van der Waals surface area (Å²) in [7, 11) is 2.87. The first-order chi connectivity index (χ1) is 15.7. The van der Waals surface area contributed by atoms with Crippen LogP contribution in [0.2, 0.25) is 0 Å². The average Bonchev–Trinajstić information content (AvgIpc) is 2.76. The molecule has 0 amide bonds. The quantitative estimate of drug-likeness (QED) is 0.157. The van der Waals surface area contributed by atoms with Crippen LogP contribution < -0.4 is 18.9 Å². The van der Waals surface area contributed by atoms with Crippen LogP contribution in [0.3, 0.4) is 0 Å². The van der Waals surface area contributed by atoms with E-state index in [0.717, 1.165) is 0 Å². The first kappa shape index (κ1) is 28.4. The van der Waals surface area contributed by atoms with Crippen molar-refractivity contribution in [1.82, 2.24) is 0 Å². The van der Waals surface area contributed by atoms with Gasteiger partial charge in [0.05, 0.1) is 20.6 Å². The van der Waals surface area contributed by atoms with Gasteiger partial charge in [-0.15, -0.1) is 0 Å². The van der Waals surface area contributed by atoms with Crippen LogP contribution in [0.1, 0.15) is 31.4 Å². The van der Waals surface area contributed by atoms with Gasteiger partial charge in [-0.1, -0.05) is 24.3 Å². The molecule has 0 atom stereocenters. The van der Waals surface area contributed by atoms with Crippen LogP contribution in [0.15, 0.2) is 48.6 Å². The van der Waals surface area contributed by atoms with Crippen molar-refractivity contribution in [2.45, 2.75) is 20.3 Å². The van der Waals surface area contributed by atoms with Crippen LogP contribution in [-0.2, 0) is 36.2 Å². The Bertz CT molecular complexity index is 1030. The summed E-state index contributed by atoms with van der Waals surface area (Å²) in [6.45, 7) is 2.57. The Morgan fingerprint density at radius 2 is 1.06 bits per heavy atom. The molecule has 0 aliphatic heterocycles. The zero-order valence-electron chi connectivity index (χ0n) is 19.1. The summed E-state index contributed by atoms with van der Waals surface area (Å²) >= 11 is 0. The maximum absolute atomic E-state index is 12.1. The number of ketones is 2. The molecule has 177 valence electrons. The Morgan fingerprint density at radius 3 is 1.38 bits per heavy atom. The Balaban J connectivity index is 0.00000578. The molecule has 0 fully saturated rings. The van der Waals surface area contributed by atoms with Crippen molar-refractivity contribution in [3.05, 3.63) is 59.7 Å². The third kappa shape index (κ3) is 9.05. The number of allylic oxidation sites excluding steroid dienone is 2. The van der Waals surface area contributed by atoms with Gasteiger partial charge >= 0.3 is 29.0 Å². The zero-order chi connectivity index (χ0) is 24.4. The minimum absolute atomic E-state index is 0. The summed E-state index contributed by atoms with van der Waals surface area (Å²) in [5.74, 6) is -0.485. The van der Waals surface area contributed by atoms with Crippen molar-refractivity contribution in [3.8, 4) is 23.0 Å². The molecule has 0 N–H and O–H groups in total. The summed E-state index contributed by atoms with van der Waals surface area (Å²) in [5, 5.41) is 0. The summed E-state index contributed by atoms with van der Waals surface area (Å²) < 4.78 is 20.4. The predicted octanol–water partition coefficient (Wildman–Crippen LogP) is 3.81. The van der Waals surface area contributed by atoms with Crippen LogP contribution in [-0.4, -0.2) is 37.7 Å². The number of rotatable bonds is 10. The van der Waals surface area contributed by atoms with Gasteiger partial charge < -0.3 is 18.9 Å². The molecule has 0 bridgehead atoms. The van der Waals surface area contributed by atoms with Crippen molar-refractivity contribution in [1.29, 1.82) is 0 Å². The molecule has 34 heavy (non-hydrogen) atoms. The van der Waals surface area contributed by atoms with Gasteiger partial charge in [0.2, 0.25) is 0 Å². The van der Waals surface area contributed by atoms with E-state index in [9.17, 15) is 19.2 Å². The second kappa shape index (κ2) is 13.8. The van der Waals surface area contributed by atoms with Crippen LogP contribution in [0.5, 0.6) is 23.0 Å². The van der Waals surface area contributed by atoms with E-state index in [1.807, 2.05) is 0 Å². The third-order valence-electron chi connectivity index (χ3n) is 4.15. The topological polar surface area (TPSA) is 105 Å². The first-order valence-electron chi connectivity index (χ1n) is 9.86. The van der Waals surface area contributed by atoms with E-state index in [1.165, 1.54) is 52.4 Å². The number of esters is 2. The third-order valence-corrected chi connectivity index (χ3v) is 4.15. The molecular weight excluding hydrogens is 483 g/mol. The fourth-order valence-corrected chi connectivity index (χ4v) is 2.72. The predicted molar refractivity (Wildman–Crippen MR) is 121 cm³/mol. The first-order valence-corrected chi connectivity index (χ1v) is 9.86. The molecule has 0 heterocycles. The molecule has 0 aromatic heterocycles. The number of hydrogen-bond donors (Lipinski definition) is 0. The standard InChI is InChI=1S/C25H24O8.Mn/c1-16(26)32-22-11-7-18(13-24(22)30-3)5-9-20(28)15-21(29)10-6-19-8-12-23(33-17(2)27)25(14-19)31-4;/h5-14H,15H2,1-4H3;/q;+2/b9-5+,10-6+;. The van der Waals surface area contributed by atoms with Gasteiger partial charge in [-0.05, 0) is 47.5 Å². The normalized spacial score (nSPS) is 10.5. The van der Waals surface area contributed by atoms with E-state index >= 15 is 0 Å². The fourth-order valence-electron chi connectivity index (χ4n) is 2.72. The van der Waals surface area contributed by atoms with Crippen molar-refractivity contribution in [2.75, 3.05) is 14.2 Å². The van der Waals surface area contributed by atoms with Gasteiger partial charge in [0.25, 0.3) is 0 Å². The molecule has 9 heteroatoms. The van der Waals surface area contributed by atoms with Gasteiger partial charge in [0.15, 0.2) is 34.6 Å². The van der Waals surface area contributed by atoms with Crippen molar-refractivity contribution in [2.24, 2.45) is 0 Å². The van der Waals surface area contributed by atoms with Crippen LogP contribution >= 0.6 is 0 Å². The van der Waals surface area contributed by atoms with Gasteiger partial charge in [-0.3, -0.25) is 19.2 Å². The monoisotopic (exact) mass is 507 g/mol. The van der Waals surface area contributed by atoms with Gasteiger partial charge in [-0.2, -0.15) is 0 Å². The minimum atomic E-state index is -0.475. The molecule has 2 aromatic rings. The Hall–Kier alpha value is -3.68. The van der Waals surface area contributed by atoms with E-state index in [1.54, 1.807) is 36.4 Å². The number of carbonyl (C=O) groups is 4. The molecule has 0 aliphatic carbocycles. The van der Waals surface area contributed by atoms with Crippen LogP contribution in [0.4, 0.5) is 0 Å². The van der Waals surface area contributed by atoms with Gasteiger partial charge in [0, 0.05) is 13.8 Å². The maximum Gasteiger partial charge on any atom is 2.00 e. The molecule has 0 unspecified atom stereocenters. The molecular formula is C25H24MnO8+2. The number of carbonyl (C=O) groups excluding carboxylic acids is 4. The van der Waals surface area contributed by atoms with Crippen LogP contribution in [0.25, 0.3) is 12.2 Å². The second-order valence-electron chi connectivity index (χ2n) is 6.78. The number of hydrogen-bond acceptors (Lipinski definition) is 8. The molecule has 8 nitrogen and oxygen atoms in total.